The first kappa shape index (κ1) is 17.5. The van der Waals surface area contributed by atoms with Crippen molar-refractivity contribution in [3.63, 3.8) is 0 Å². The Hall–Kier alpha value is -1.53. The predicted molar refractivity (Wildman–Crippen MR) is 97.0 cm³/mol. The molecule has 1 aromatic carbocycles. The maximum atomic E-state index is 5.48. The van der Waals surface area contributed by atoms with Crippen molar-refractivity contribution in [1.29, 1.82) is 0 Å². The lowest BCUT2D eigenvalue weighted by atomic mass is 10.2. The highest BCUT2D eigenvalue weighted by atomic mass is 127. The van der Waals surface area contributed by atoms with Gasteiger partial charge in [-0.15, -0.1) is 6.42 Å². The molecule has 0 amide bonds. The van der Waals surface area contributed by atoms with Gasteiger partial charge in [-0.2, -0.15) is 5.10 Å². The smallest absolute Gasteiger partial charge is 0.186 e. The van der Waals surface area contributed by atoms with Crippen molar-refractivity contribution in [3.05, 3.63) is 21.3 Å². The Balaban J connectivity index is 2.85. The van der Waals surface area contributed by atoms with Crippen molar-refractivity contribution in [2.24, 2.45) is 5.10 Å². The molecule has 1 aromatic rings. The van der Waals surface area contributed by atoms with Gasteiger partial charge in [-0.25, -0.2) is 0 Å². The van der Waals surface area contributed by atoms with Gasteiger partial charge in [-0.3, -0.25) is 5.43 Å². The Morgan fingerprint density at radius 1 is 1.57 bits per heavy atom. The van der Waals surface area contributed by atoms with Crippen LogP contribution in [0.3, 0.4) is 0 Å². The highest BCUT2D eigenvalue weighted by Gasteiger charge is 2.10. The molecule has 0 spiro atoms. The average molecular weight is 417 g/mol. The van der Waals surface area contributed by atoms with Crippen LogP contribution in [0.15, 0.2) is 17.2 Å². The standard InChI is InChI=1S/C14H16IN3O2S/c1-4-6-20-13-11(15)7-10(8-12(13)19-3)9-17-18-14(21)16-5-2/h1,7-9H,5-6H2,2-3H3,(H2,16,18,21)/b17-9-. The molecule has 1 rings (SSSR count). The number of nitrogens with one attached hydrogen (secondary N) is 2. The molecule has 0 fully saturated rings. The van der Waals surface area contributed by atoms with E-state index in [0.29, 0.717) is 16.6 Å². The summed E-state index contributed by atoms with van der Waals surface area (Å²) in [7, 11) is 1.58. The fourth-order valence-corrected chi connectivity index (χ4v) is 2.41. The Morgan fingerprint density at radius 2 is 2.33 bits per heavy atom. The van der Waals surface area contributed by atoms with Gasteiger partial charge in [0.25, 0.3) is 0 Å². The summed E-state index contributed by atoms with van der Waals surface area (Å²) in [4.78, 5) is 0. The molecule has 5 nitrogen and oxygen atoms in total. The number of nitrogens with zero attached hydrogens (tertiary/aromatic N) is 1. The van der Waals surface area contributed by atoms with Crippen LogP contribution < -0.4 is 20.2 Å². The Bertz CT molecular complexity index is 570. The highest BCUT2D eigenvalue weighted by molar-refractivity contribution is 14.1. The van der Waals surface area contributed by atoms with Gasteiger partial charge >= 0.3 is 0 Å². The van der Waals surface area contributed by atoms with Gasteiger partial charge in [-0.1, -0.05) is 5.92 Å². The molecule has 7 heteroatoms. The second kappa shape index (κ2) is 9.41. The normalized spacial score (nSPS) is 10.0. The summed E-state index contributed by atoms with van der Waals surface area (Å²) >= 11 is 7.17. The van der Waals surface area contributed by atoms with Crippen molar-refractivity contribution >= 4 is 46.1 Å². The van der Waals surface area contributed by atoms with Crippen molar-refractivity contribution in [3.8, 4) is 23.8 Å². The number of benzene rings is 1. The number of rotatable bonds is 6. The number of thiocarbonyl (C=S) groups is 1. The van der Waals surface area contributed by atoms with Gasteiger partial charge in [0.05, 0.1) is 16.9 Å². The number of hydrazone groups is 1. The van der Waals surface area contributed by atoms with E-state index < -0.39 is 0 Å². The summed E-state index contributed by atoms with van der Waals surface area (Å²) in [5, 5.41) is 7.47. The zero-order valence-electron chi connectivity index (χ0n) is 11.8. The number of ether oxygens (including phenoxy) is 2. The average Bonchev–Trinajstić information content (AvgIpc) is 2.46. The van der Waals surface area contributed by atoms with Gasteiger partial charge in [-0.05, 0) is 59.4 Å². The van der Waals surface area contributed by atoms with Crippen LogP contribution in [0.4, 0.5) is 0 Å². The van der Waals surface area contributed by atoms with Crippen LogP contribution in [-0.2, 0) is 0 Å². The summed E-state index contributed by atoms with van der Waals surface area (Å²) in [6.07, 6.45) is 6.85. The molecule has 112 valence electrons. The van der Waals surface area contributed by atoms with Gasteiger partial charge in [0, 0.05) is 6.54 Å². The fourth-order valence-electron chi connectivity index (χ4n) is 1.43. The minimum atomic E-state index is 0.193. The minimum absolute atomic E-state index is 0.193. The Morgan fingerprint density at radius 3 is 2.95 bits per heavy atom. The molecular formula is C14H16IN3O2S. The summed E-state index contributed by atoms with van der Waals surface area (Å²) in [5.74, 6) is 3.66. The molecule has 0 aromatic heterocycles. The van der Waals surface area contributed by atoms with Crippen LogP contribution in [0, 0.1) is 15.9 Å². The van der Waals surface area contributed by atoms with Crippen LogP contribution in [-0.4, -0.2) is 31.6 Å². The SMILES string of the molecule is C#CCOc1c(I)cc(/C=N\NC(=S)NCC)cc1OC. The molecule has 0 unspecified atom stereocenters. The largest absolute Gasteiger partial charge is 0.493 e. The maximum absolute atomic E-state index is 5.48. The molecule has 0 aliphatic rings. The van der Waals surface area contributed by atoms with E-state index in [2.05, 4.69) is 44.4 Å². The Labute approximate surface area is 143 Å². The lowest BCUT2D eigenvalue weighted by Crippen LogP contribution is -2.31. The third kappa shape index (κ3) is 5.77. The van der Waals surface area contributed by atoms with E-state index >= 15 is 0 Å². The molecule has 0 bridgehead atoms. The lowest BCUT2D eigenvalue weighted by molar-refractivity contribution is 0.328. The first-order valence-electron chi connectivity index (χ1n) is 6.13. The van der Waals surface area contributed by atoms with Crippen molar-refractivity contribution in [2.45, 2.75) is 6.92 Å². The molecule has 0 aliphatic heterocycles. The predicted octanol–water partition coefficient (Wildman–Crippen LogP) is 2.13. The van der Waals surface area contributed by atoms with Crippen LogP contribution in [0.25, 0.3) is 0 Å². The van der Waals surface area contributed by atoms with Crippen molar-refractivity contribution in [1.82, 2.24) is 10.7 Å². The van der Waals surface area contributed by atoms with Gasteiger partial charge in [0.1, 0.15) is 6.61 Å². The summed E-state index contributed by atoms with van der Waals surface area (Å²) in [5.41, 5.74) is 3.58. The van der Waals surface area contributed by atoms with Crippen molar-refractivity contribution in [2.75, 3.05) is 20.3 Å². The Kier molecular flexibility index (Phi) is 7.85. The first-order valence-corrected chi connectivity index (χ1v) is 7.61. The van der Waals surface area contributed by atoms with Crippen LogP contribution in [0.1, 0.15) is 12.5 Å². The molecule has 0 saturated carbocycles. The summed E-state index contributed by atoms with van der Waals surface area (Å²) < 4.78 is 11.7. The number of halogens is 1. The van der Waals surface area contributed by atoms with Gasteiger partial charge in [0.15, 0.2) is 16.6 Å². The molecule has 0 heterocycles. The molecular weight excluding hydrogens is 401 g/mol. The van der Waals surface area contributed by atoms with Crippen LogP contribution >= 0.6 is 34.8 Å². The molecule has 0 radical (unpaired) electrons. The quantitative estimate of drug-likeness (QED) is 0.244. The molecule has 0 aliphatic carbocycles. The molecule has 0 saturated heterocycles. The van der Waals surface area contributed by atoms with E-state index in [1.54, 1.807) is 13.3 Å². The number of terminal acetylenes is 1. The molecule has 21 heavy (non-hydrogen) atoms. The van der Waals surface area contributed by atoms with E-state index in [0.717, 1.165) is 15.7 Å². The lowest BCUT2D eigenvalue weighted by Gasteiger charge is -2.11. The first-order chi connectivity index (χ1) is 10.1. The van der Waals surface area contributed by atoms with E-state index in [-0.39, 0.29) is 6.61 Å². The van der Waals surface area contributed by atoms with Crippen LogP contribution in [0.2, 0.25) is 0 Å². The monoisotopic (exact) mass is 417 g/mol. The number of methoxy groups -OCH3 is 1. The zero-order valence-corrected chi connectivity index (χ0v) is 14.7. The van der Waals surface area contributed by atoms with Gasteiger partial charge in [0.2, 0.25) is 0 Å². The van der Waals surface area contributed by atoms with E-state index in [4.69, 9.17) is 28.1 Å². The third-order valence-corrected chi connectivity index (χ3v) is 3.31. The van der Waals surface area contributed by atoms with E-state index in [9.17, 15) is 0 Å². The van der Waals surface area contributed by atoms with Crippen molar-refractivity contribution < 1.29 is 9.47 Å². The maximum Gasteiger partial charge on any atom is 0.186 e. The fraction of sp³-hybridized carbons (Fsp3) is 0.286. The highest BCUT2D eigenvalue weighted by Crippen LogP contribution is 2.33. The zero-order chi connectivity index (χ0) is 15.7. The topological polar surface area (TPSA) is 54.9 Å². The summed E-state index contributed by atoms with van der Waals surface area (Å²) in [6, 6.07) is 3.73. The van der Waals surface area contributed by atoms with E-state index in [1.165, 1.54) is 0 Å². The van der Waals surface area contributed by atoms with E-state index in [1.807, 2.05) is 19.1 Å². The molecule has 2 N–H and O–H groups in total. The van der Waals surface area contributed by atoms with Crippen LogP contribution in [0.5, 0.6) is 11.5 Å². The number of hydrogen-bond donors (Lipinski definition) is 2. The number of hydrogen-bond acceptors (Lipinski definition) is 4. The molecule has 0 atom stereocenters. The minimum Gasteiger partial charge on any atom is -0.493 e. The summed E-state index contributed by atoms with van der Waals surface area (Å²) in [6.45, 7) is 2.90. The third-order valence-electron chi connectivity index (χ3n) is 2.27. The second-order valence-corrected chi connectivity index (χ2v) is 5.33. The second-order valence-electron chi connectivity index (χ2n) is 3.76. The van der Waals surface area contributed by atoms with Gasteiger partial charge < -0.3 is 14.8 Å².